The molecule has 0 amide bonds. The fourth-order valence-electron chi connectivity index (χ4n) is 5.99. The number of hydrogen-bond acceptors (Lipinski definition) is 3. The van der Waals surface area contributed by atoms with Crippen molar-refractivity contribution in [3.05, 3.63) is 45.6 Å². The Bertz CT molecular complexity index is 1060. The van der Waals surface area contributed by atoms with Gasteiger partial charge in [0.1, 0.15) is 0 Å². The normalized spacial score (nSPS) is 11.6. The number of halogens is 1. The summed E-state index contributed by atoms with van der Waals surface area (Å²) in [6.45, 7) is 4.62. The molecule has 4 heteroatoms. The SMILES string of the molecule is CCCCCCCCc1csc(-c2sc(-c3sccc3CCCCCCCCCCBr)cc2CCCCCCCC)c1. The van der Waals surface area contributed by atoms with Crippen molar-refractivity contribution in [1.82, 2.24) is 0 Å². The molecule has 0 saturated heterocycles. The van der Waals surface area contributed by atoms with Crippen LogP contribution in [0, 0.1) is 0 Å². The molecule has 3 heterocycles. The third-order valence-corrected chi connectivity index (χ3v) is 12.6. The zero-order valence-electron chi connectivity index (χ0n) is 27.0. The molecule has 236 valence electrons. The molecule has 3 rings (SSSR count). The Balaban J connectivity index is 1.60. The lowest BCUT2D eigenvalue weighted by molar-refractivity contribution is 0.577. The molecule has 0 bridgehead atoms. The van der Waals surface area contributed by atoms with Gasteiger partial charge in [0.15, 0.2) is 0 Å². The molecule has 0 nitrogen and oxygen atoms in total. The van der Waals surface area contributed by atoms with Gasteiger partial charge in [-0.2, -0.15) is 0 Å². The van der Waals surface area contributed by atoms with Crippen molar-refractivity contribution >= 4 is 49.9 Å². The van der Waals surface area contributed by atoms with Gasteiger partial charge in [-0.3, -0.25) is 0 Å². The van der Waals surface area contributed by atoms with Crippen LogP contribution in [0.1, 0.15) is 159 Å². The van der Waals surface area contributed by atoms with Crippen LogP contribution in [0.5, 0.6) is 0 Å². The number of rotatable bonds is 26. The molecule has 0 aliphatic rings. The molecule has 0 fully saturated rings. The first kappa shape index (κ1) is 36.1. The van der Waals surface area contributed by atoms with Gasteiger partial charge in [0.2, 0.25) is 0 Å². The van der Waals surface area contributed by atoms with E-state index in [-0.39, 0.29) is 0 Å². The second-order valence-corrected chi connectivity index (χ2v) is 16.0. The summed E-state index contributed by atoms with van der Waals surface area (Å²) in [7, 11) is 0. The predicted octanol–water partition coefficient (Wildman–Crippen LogP) is 15.1. The molecule has 0 saturated carbocycles. The van der Waals surface area contributed by atoms with Gasteiger partial charge in [-0.05, 0) is 90.6 Å². The highest BCUT2D eigenvalue weighted by Crippen LogP contribution is 2.44. The van der Waals surface area contributed by atoms with Gasteiger partial charge in [-0.25, -0.2) is 0 Å². The molecule has 3 aromatic heterocycles. The van der Waals surface area contributed by atoms with Crippen LogP contribution in [0.2, 0.25) is 0 Å². The Kier molecular flexibility index (Phi) is 19.7. The third kappa shape index (κ3) is 13.7. The average Bonchev–Trinajstić information content (AvgIpc) is 3.76. The van der Waals surface area contributed by atoms with Crippen LogP contribution < -0.4 is 0 Å². The van der Waals surface area contributed by atoms with E-state index in [0.717, 1.165) is 5.33 Å². The molecule has 0 atom stereocenters. The Hall–Kier alpha value is -0.420. The van der Waals surface area contributed by atoms with E-state index in [2.05, 4.69) is 70.1 Å². The molecular weight excluding hydrogens is 633 g/mol. The molecule has 42 heavy (non-hydrogen) atoms. The summed E-state index contributed by atoms with van der Waals surface area (Å²) in [6, 6.07) is 7.53. The molecule has 0 aliphatic carbocycles. The fraction of sp³-hybridized carbons (Fsp3) is 0.684. The molecule has 0 N–H and O–H groups in total. The van der Waals surface area contributed by atoms with Gasteiger partial charge in [0.05, 0.1) is 0 Å². The number of aryl methyl sites for hydroxylation is 3. The zero-order chi connectivity index (χ0) is 29.7. The maximum Gasteiger partial charge on any atom is 0.0481 e. The number of thiophene rings is 3. The summed E-state index contributed by atoms with van der Waals surface area (Å²) < 4.78 is 0. The van der Waals surface area contributed by atoms with Gasteiger partial charge in [-0.15, -0.1) is 34.0 Å². The van der Waals surface area contributed by atoms with E-state index >= 15 is 0 Å². The van der Waals surface area contributed by atoms with Crippen LogP contribution in [0.25, 0.3) is 19.5 Å². The standard InChI is InChI=1S/C38H59BrS3/c1-3-5-7-9-15-19-23-32-29-35(41-31-32)38-34(25-21-16-10-8-6-4-2)30-36(42-38)37-33(26-28-40-37)24-20-17-13-11-12-14-18-22-27-39/h26,28-31H,3-25,27H2,1-2H3. The minimum absolute atomic E-state index is 1.16. The first-order valence-electron chi connectivity index (χ1n) is 17.6. The van der Waals surface area contributed by atoms with Crippen LogP contribution in [-0.4, -0.2) is 5.33 Å². The smallest absolute Gasteiger partial charge is 0.0481 e. The van der Waals surface area contributed by atoms with Crippen molar-refractivity contribution in [3.63, 3.8) is 0 Å². The lowest BCUT2D eigenvalue weighted by atomic mass is 10.0. The van der Waals surface area contributed by atoms with Crippen molar-refractivity contribution in [3.8, 4) is 19.5 Å². The second-order valence-electron chi connectivity index (χ2n) is 12.4. The van der Waals surface area contributed by atoms with E-state index in [1.807, 2.05) is 22.7 Å². The summed E-state index contributed by atoms with van der Waals surface area (Å²) in [5.41, 5.74) is 4.76. The number of hydrogen-bond donors (Lipinski definition) is 0. The van der Waals surface area contributed by atoms with Gasteiger partial charge in [0, 0.05) is 24.8 Å². The number of alkyl halides is 1. The lowest BCUT2D eigenvalue weighted by Crippen LogP contribution is -1.87. The summed E-state index contributed by atoms with van der Waals surface area (Å²) in [4.78, 5) is 6.15. The van der Waals surface area contributed by atoms with Crippen molar-refractivity contribution in [2.24, 2.45) is 0 Å². The zero-order valence-corrected chi connectivity index (χ0v) is 31.0. The molecule has 0 aliphatic heterocycles. The monoisotopic (exact) mass is 690 g/mol. The number of unbranched alkanes of at least 4 members (excludes halogenated alkanes) is 17. The summed E-state index contributed by atoms with van der Waals surface area (Å²) in [5.74, 6) is 0. The molecule has 0 aromatic carbocycles. The largest absolute Gasteiger partial charge is 0.143 e. The third-order valence-electron chi connectivity index (χ3n) is 8.61. The van der Waals surface area contributed by atoms with Crippen LogP contribution in [0.15, 0.2) is 29.0 Å². The lowest BCUT2D eigenvalue weighted by Gasteiger charge is -2.04. The molecule has 0 radical (unpaired) electrons. The van der Waals surface area contributed by atoms with E-state index in [0.29, 0.717) is 0 Å². The van der Waals surface area contributed by atoms with Gasteiger partial charge < -0.3 is 0 Å². The van der Waals surface area contributed by atoms with Crippen LogP contribution >= 0.6 is 49.9 Å². The van der Waals surface area contributed by atoms with E-state index < -0.39 is 0 Å². The minimum atomic E-state index is 1.16. The molecular formula is C38H59BrS3. The van der Waals surface area contributed by atoms with E-state index in [4.69, 9.17) is 0 Å². The molecule has 3 aromatic rings. The van der Waals surface area contributed by atoms with Crippen LogP contribution in [0.4, 0.5) is 0 Å². The first-order chi connectivity index (χ1) is 20.8. The van der Waals surface area contributed by atoms with Crippen LogP contribution in [0.3, 0.4) is 0 Å². The summed E-state index contributed by atoms with van der Waals surface area (Å²) in [5, 5.41) is 5.95. The Labute approximate surface area is 280 Å². The Morgan fingerprint density at radius 1 is 0.524 bits per heavy atom. The quantitative estimate of drug-likeness (QED) is 0.0581. The highest BCUT2D eigenvalue weighted by atomic mass is 79.9. The average molecular weight is 692 g/mol. The van der Waals surface area contributed by atoms with E-state index in [1.165, 1.54) is 157 Å². The minimum Gasteiger partial charge on any atom is -0.143 e. The van der Waals surface area contributed by atoms with E-state index in [1.54, 1.807) is 26.4 Å². The Morgan fingerprint density at radius 2 is 1.07 bits per heavy atom. The van der Waals surface area contributed by atoms with Crippen molar-refractivity contribution < 1.29 is 0 Å². The van der Waals surface area contributed by atoms with Crippen LogP contribution in [-0.2, 0) is 19.3 Å². The van der Waals surface area contributed by atoms with Gasteiger partial charge >= 0.3 is 0 Å². The van der Waals surface area contributed by atoms with E-state index in [9.17, 15) is 0 Å². The fourth-order valence-corrected chi connectivity index (χ4v) is 9.80. The second kappa shape index (κ2) is 23.0. The molecule has 0 spiro atoms. The predicted molar refractivity (Wildman–Crippen MR) is 200 cm³/mol. The maximum atomic E-state index is 3.55. The maximum absolute atomic E-state index is 3.55. The topological polar surface area (TPSA) is 0 Å². The summed E-state index contributed by atoms with van der Waals surface area (Å²) >= 11 is 9.60. The highest BCUT2D eigenvalue weighted by Gasteiger charge is 2.17. The van der Waals surface area contributed by atoms with Crippen molar-refractivity contribution in [2.75, 3.05) is 5.33 Å². The van der Waals surface area contributed by atoms with Gasteiger partial charge in [-0.1, -0.05) is 133 Å². The van der Waals surface area contributed by atoms with Crippen molar-refractivity contribution in [1.29, 1.82) is 0 Å². The molecule has 0 unspecified atom stereocenters. The van der Waals surface area contributed by atoms with Crippen molar-refractivity contribution in [2.45, 2.75) is 162 Å². The van der Waals surface area contributed by atoms with Gasteiger partial charge in [0.25, 0.3) is 0 Å². The summed E-state index contributed by atoms with van der Waals surface area (Å²) in [6.07, 6.45) is 31.3. The Morgan fingerprint density at radius 3 is 1.69 bits per heavy atom. The highest BCUT2D eigenvalue weighted by molar-refractivity contribution is 9.09. The first-order valence-corrected chi connectivity index (χ1v) is 21.3.